The van der Waals surface area contributed by atoms with Crippen molar-refractivity contribution in [1.82, 2.24) is 0 Å². The molecule has 0 aliphatic heterocycles. The number of hydrogen-bond acceptors (Lipinski definition) is 2. The third-order valence-corrected chi connectivity index (χ3v) is 7.88. The molecule has 0 fully saturated rings. The fourth-order valence-electron chi connectivity index (χ4n) is 5.81. The second-order valence-corrected chi connectivity index (χ2v) is 11.1. The van der Waals surface area contributed by atoms with Gasteiger partial charge in [0.1, 0.15) is 0 Å². The van der Waals surface area contributed by atoms with Gasteiger partial charge >= 0.3 is 0 Å². The summed E-state index contributed by atoms with van der Waals surface area (Å²) in [6.07, 6.45) is 9.01. The zero-order chi connectivity index (χ0) is 31.6. The number of nitrogens with zero attached hydrogens (tertiary/aromatic N) is 2. The van der Waals surface area contributed by atoms with Crippen molar-refractivity contribution in [1.29, 1.82) is 0 Å². The topological polar surface area (TPSA) is 6.48 Å². The molecule has 0 bridgehead atoms. The van der Waals surface area contributed by atoms with Crippen LogP contribution in [0.1, 0.15) is 12.5 Å². The standard InChI is InChI=1S/C44H38N2/c1-3-17-35(18-4-2)31-36-27-29-37(30-28-36)38-32-43(45(39-19-9-5-10-20-39)40-21-11-6-12-22-40)34-44(33-38)46(41-23-13-7-14-24-41)42-25-15-8-16-26-42/h3-30,32-34H,1,31H2,2H3/b18-4-,35-17+. The molecule has 0 heterocycles. The Morgan fingerprint density at radius 2 is 0.913 bits per heavy atom. The van der Waals surface area contributed by atoms with Crippen LogP contribution in [0.5, 0.6) is 0 Å². The van der Waals surface area contributed by atoms with Crippen LogP contribution in [-0.2, 0) is 6.42 Å². The Morgan fingerprint density at radius 3 is 1.28 bits per heavy atom. The first-order chi connectivity index (χ1) is 22.7. The van der Waals surface area contributed by atoms with Crippen molar-refractivity contribution in [2.24, 2.45) is 0 Å². The van der Waals surface area contributed by atoms with Gasteiger partial charge in [0.05, 0.1) is 0 Å². The number of allylic oxidation sites excluding steroid dienone is 5. The highest BCUT2D eigenvalue weighted by atomic mass is 15.2. The summed E-state index contributed by atoms with van der Waals surface area (Å²) >= 11 is 0. The lowest BCUT2D eigenvalue weighted by Crippen LogP contribution is -2.13. The van der Waals surface area contributed by atoms with Gasteiger partial charge in [0.25, 0.3) is 0 Å². The molecular formula is C44H38N2. The summed E-state index contributed by atoms with van der Waals surface area (Å²) in [5, 5.41) is 0. The van der Waals surface area contributed by atoms with Gasteiger partial charge in [-0.05, 0) is 102 Å². The third-order valence-electron chi connectivity index (χ3n) is 7.88. The van der Waals surface area contributed by atoms with E-state index in [4.69, 9.17) is 0 Å². The molecule has 0 unspecified atom stereocenters. The Balaban J connectivity index is 1.53. The first kappa shape index (κ1) is 30.2. The van der Waals surface area contributed by atoms with Gasteiger partial charge in [0.15, 0.2) is 0 Å². The number of hydrogen-bond donors (Lipinski definition) is 0. The van der Waals surface area contributed by atoms with E-state index in [1.807, 2.05) is 13.0 Å². The van der Waals surface area contributed by atoms with Crippen LogP contribution in [0.3, 0.4) is 0 Å². The zero-order valence-corrected chi connectivity index (χ0v) is 26.2. The predicted octanol–water partition coefficient (Wildman–Crippen LogP) is 12.5. The zero-order valence-electron chi connectivity index (χ0n) is 26.2. The monoisotopic (exact) mass is 594 g/mol. The first-order valence-corrected chi connectivity index (χ1v) is 15.7. The van der Waals surface area contributed by atoms with Crippen LogP contribution in [-0.4, -0.2) is 0 Å². The highest BCUT2D eigenvalue weighted by Gasteiger charge is 2.19. The Kier molecular flexibility index (Phi) is 9.67. The molecule has 0 N–H and O–H groups in total. The summed E-state index contributed by atoms with van der Waals surface area (Å²) in [4.78, 5) is 4.66. The van der Waals surface area contributed by atoms with Crippen LogP contribution < -0.4 is 9.80 Å². The van der Waals surface area contributed by atoms with Crippen molar-refractivity contribution in [2.75, 3.05) is 9.80 Å². The number of rotatable bonds is 11. The molecule has 0 radical (unpaired) electrons. The van der Waals surface area contributed by atoms with Gasteiger partial charge in [-0.15, -0.1) is 0 Å². The smallest absolute Gasteiger partial charge is 0.0488 e. The van der Waals surface area contributed by atoms with Crippen molar-refractivity contribution in [2.45, 2.75) is 13.3 Å². The van der Waals surface area contributed by atoms with E-state index in [1.165, 1.54) is 11.1 Å². The SMILES string of the molecule is C=C/C=C(\C=C/C)Cc1ccc(-c2cc(N(c3ccccc3)c3ccccc3)cc(N(c3ccccc3)c3ccccc3)c2)cc1. The molecule has 6 rings (SSSR count). The summed E-state index contributed by atoms with van der Waals surface area (Å²) in [7, 11) is 0. The maximum absolute atomic E-state index is 3.89. The molecule has 0 spiro atoms. The quantitative estimate of drug-likeness (QED) is 0.138. The van der Waals surface area contributed by atoms with E-state index in [-0.39, 0.29) is 0 Å². The number of anilines is 6. The van der Waals surface area contributed by atoms with Crippen molar-refractivity contribution in [3.8, 4) is 11.1 Å². The second kappa shape index (κ2) is 14.7. The van der Waals surface area contributed by atoms with Gasteiger partial charge in [0.2, 0.25) is 0 Å². The van der Waals surface area contributed by atoms with Crippen LogP contribution in [0.15, 0.2) is 200 Å². The molecule has 224 valence electrons. The van der Waals surface area contributed by atoms with Crippen LogP contribution in [0.2, 0.25) is 0 Å². The van der Waals surface area contributed by atoms with Gasteiger partial charge < -0.3 is 9.80 Å². The minimum absolute atomic E-state index is 0.855. The normalized spacial score (nSPS) is 11.4. The van der Waals surface area contributed by atoms with Crippen LogP contribution >= 0.6 is 0 Å². The largest absolute Gasteiger partial charge is 0.310 e. The van der Waals surface area contributed by atoms with Gasteiger partial charge in [0, 0.05) is 34.1 Å². The van der Waals surface area contributed by atoms with Gasteiger partial charge in [-0.2, -0.15) is 0 Å². The minimum atomic E-state index is 0.855. The van der Waals surface area contributed by atoms with E-state index in [9.17, 15) is 0 Å². The van der Waals surface area contributed by atoms with Gasteiger partial charge in [-0.3, -0.25) is 0 Å². The molecule has 0 aromatic heterocycles. The van der Waals surface area contributed by atoms with E-state index < -0.39 is 0 Å². The molecule has 6 aromatic carbocycles. The van der Waals surface area contributed by atoms with E-state index in [2.05, 4.69) is 198 Å². The summed E-state index contributed by atoms with van der Waals surface area (Å²) in [5.41, 5.74) is 11.4. The fraction of sp³-hybridized carbons (Fsp3) is 0.0455. The summed E-state index contributed by atoms with van der Waals surface area (Å²) in [5.74, 6) is 0. The molecule has 2 nitrogen and oxygen atoms in total. The third kappa shape index (κ3) is 7.09. The van der Waals surface area contributed by atoms with Crippen molar-refractivity contribution in [3.63, 3.8) is 0 Å². The molecule has 0 aliphatic carbocycles. The highest BCUT2D eigenvalue weighted by Crippen LogP contribution is 2.43. The van der Waals surface area contributed by atoms with Crippen LogP contribution in [0.25, 0.3) is 11.1 Å². The van der Waals surface area contributed by atoms with Crippen LogP contribution in [0.4, 0.5) is 34.1 Å². The average Bonchev–Trinajstić information content (AvgIpc) is 3.11. The van der Waals surface area contributed by atoms with Crippen molar-refractivity contribution in [3.05, 3.63) is 206 Å². The van der Waals surface area contributed by atoms with Crippen molar-refractivity contribution >= 4 is 34.1 Å². The molecular weight excluding hydrogens is 556 g/mol. The van der Waals surface area contributed by atoms with Crippen LogP contribution in [0, 0.1) is 0 Å². The Labute approximate surface area is 273 Å². The molecule has 0 saturated heterocycles. The Hall–Kier alpha value is -5.86. The number of benzene rings is 6. The van der Waals surface area contributed by atoms with Crippen molar-refractivity contribution < 1.29 is 0 Å². The molecule has 0 amide bonds. The summed E-state index contributed by atoms with van der Waals surface area (Å²) in [6.45, 7) is 5.94. The summed E-state index contributed by atoms with van der Waals surface area (Å²) < 4.78 is 0. The molecule has 46 heavy (non-hydrogen) atoms. The lowest BCUT2D eigenvalue weighted by Gasteiger charge is -2.30. The molecule has 0 atom stereocenters. The van der Waals surface area contributed by atoms with E-state index >= 15 is 0 Å². The second-order valence-electron chi connectivity index (χ2n) is 11.1. The minimum Gasteiger partial charge on any atom is -0.310 e. The Morgan fingerprint density at radius 1 is 0.500 bits per heavy atom. The van der Waals surface area contributed by atoms with E-state index in [0.29, 0.717) is 0 Å². The fourth-order valence-corrected chi connectivity index (χ4v) is 5.81. The molecule has 0 aliphatic rings. The van der Waals surface area contributed by atoms with E-state index in [1.54, 1.807) is 0 Å². The number of para-hydroxylation sites is 4. The molecule has 2 heteroatoms. The summed E-state index contributed by atoms with van der Waals surface area (Å²) in [6, 6.07) is 58.2. The lowest BCUT2D eigenvalue weighted by atomic mass is 9.98. The average molecular weight is 595 g/mol. The first-order valence-electron chi connectivity index (χ1n) is 15.7. The lowest BCUT2D eigenvalue weighted by molar-refractivity contribution is 1.19. The predicted molar refractivity (Wildman–Crippen MR) is 198 cm³/mol. The van der Waals surface area contributed by atoms with Gasteiger partial charge in [-0.1, -0.05) is 128 Å². The van der Waals surface area contributed by atoms with E-state index in [0.717, 1.165) is 51.7 Å². The molecule has 0 saturated carbocycles. The maximum Gasteiger partial charge on any atom is 0.0488 e. The Bertz CT molecular complexity index is 1730. The highest BCUT2D eigenvalue weighted by molar-refractivity contribution is 5.87. The maximum atomic E-state index is 3.89. The molecule has 6 aromatic rings. The van der Waals surface area contributed by atoms with Gasteiger partial charge in [-0.25, -0.2) is 0 Å².